The van der Waals surface area contributed by atoms with Crippen molar-refractivity contribution < 1.29 is 19.1 Å². The Hall–Kier alpha value is -1.34. The maximum absolute atomic E-state index is 11.5. The number of hydrogen-bond acceptors (Lipinski definition) is 6. The van der Waals surface area contributed by atoms with E-state index in [1.165, 1.54) is 6.07 Å². The van der Waals surface area contributed by atoms with Crippen molar-refractivity contribution in [3.05, 3.63) is 33.8 Å². The molecule has 0 aliphatic rings. The average Bonchev–Trinajstić information content (AvgIpc) is 2.46. The maximum Gasteiger partial charge on any atom is 0.516 e. The molecule has 0 aliphatic carbocycles. The van der Waals surface area contributed by atoms with Crippen LogP contribution in [0.4, 0.5) is 4.79 Å². The van der Waals surface area contributed by atoms with Crippen LogP contribution in [-0.2, 0) is 20.9 Å². The lowest BCUT2D eigenvalue weighted by atomic mass is 10.1. The van der Waals surface area contributed by atoms with E-state index in [2.05, 4.69) is 4.74 Å². The zero-order chi connectivity index (χ0) is 16.5. The standard InChI is InChI=1S/C14H18Cl2N2O4/c15-10-5-4-9(11(16)7-10)8-21-14(20)22-13(19)12(18)3-1-2-6-17/h4-5,7,12H,1-3,6,8,17-18H2/t12-/m0/s1. The van der Waals surface area contributed by atoms with Gasteiger partial charge in [-0.25, -0.2) is 9.59 Å². The molecule has 1 rings (SSSR count). The van der Waals surface area contributed by atoms with Gasteiger partial charge >= 0.3 is 12.1 Å². The lowest BCUT2D eigenvalue weighted by Crippen LogP contribution is -2.34. The van der Waals surface area contributed by atoms with E-state index in [4.69, 9.17) is 39.4 Å². The first-order chi connectivity index (χ1) is 10.4. The van der Waals surface area contributed by atoms with Crippen LogP contribution >= 0.6 is 23.2 Å². The van der Waals surface area contributed by atoms with Gasteiger partial charge in [0.1, 0.15) is 12.6 Å². The Morgan fingerprint density at radius 3 is 2.59 bits per heavy atom. The normalized spacial score (nSPS) is 11.8. The summed E-state index contributed by atoms with van der Waals surface area (Å²) in [7, 11) is 0. The van der Waals surface area contributed by atoms with Crippen molar-refractivity contribution in [2.75, 3.05) is 6.54 Å². The second kappa shape index (κ2) is 9.63. The highest BCUT2D eigenvalue weighted by Crippen LogP contribution is 2.21. The van der Waals surface area contributed by atoms with Crippen LogP contribution in [0.15, 0.2) is 18.2 Å². The zero-order valence-corrected chi connectivity index (χ0v) is 13.4. The molecule has 0 fully saturated rings. The van der Waals surface area contributed by atoms with Crippen LogP contribution in [0.1, 0.15) is 24.8 Å². The summed E-state index contributed by atoms with van der Waals surface area (Å²) in [5, 5.41) is 0.820. The second-order valence-electron chi connectivity index (χ2n) is 4.59. The predicted molar refractivity (Wildman–Crippen MR) is 83.6 cm³/mol. The topological polar surface area (TPSA) is 105 Å². The molecule has 22 heavy (non-hydrogen) atoms. The Balaban J connectivity index is 2.37. The first-order valence-corrected chi connectivity index (χ1v) is 7.47. The molecule has 4 N–H and O–H groups in total. The number of nitrogens with two attached hydrogens (primary N) is 2. The summed E-state index contributed by atoms with van der Waals surface area (Å²) < 4.78 is 9.31. The van der Waals surface area contributed by atoms with Gasteiger partial charge in [-0.2, -0.15) is 0 Å². The van der Waals surface area contributed by atoms with E-state index in [9.17, 15) is 9.59 Å². The lowest BCUT2D eigenvalue weighted by molar-refractivity contribution is -0.141. The Kier molecular flexibility index (Phi) is 8.19. The molecule has 0 spiro atoms. The number of benzene rings is 1. The Bertz CT molecular complexity index is 526. The van der Waals surface area contributed by atoms with E-state index in [1.807, 2.05) is 0 Å². The van der Waals surface area contributed by atoms with Crippen molar-refractivity contribution in [2.24, 2.45) is 11.5 Å². The molecule has 0 saturated heterocycles. The molecule has 122 valence electrons. The van der Waals surface area contributed by atoms with Crippen molar-refractivity contribution in [3.63, 3.8) is 0 Å². The van der Waals surface area contributed by atoms with Gasteiger partial charge in [-0.1, -0.05) is 35.7 Å². The van der Waals surface area contributed by atoms with E-state index in [0.29, 0.717) is 35.0 Å². The van der Waals surface area contributed by atoms with E-state index in [-0.39, 0.29) is 6.61 Å². The Morgan fingerprint density at radius 1 is 1.23 bits per heavy atom. The molecular weight excluding hydrogens is 331 g/mol. The highest BCUT2D eigenvalue weighted by molar-refractivity contribution is 6.35. The first-order valence-electron chi connectivity index (χ1n) is 6.72. The fraction of sp³-hybridized carbons (Fsp3) is 0.429. The largest absolute Gasteiger partial charge is 0.516 e. The summed E-state index contributed by atoms with van der Waals surface area (Å²) in [4.78, 5) is 23.0. The summed E-state index contributed by atoms with van der Waals surface area (Å²) in [6, 6.07) is 3.86. The molecule has 0 aliphatic heterocycles. The van der Waals surface area contributed by atoms with Gasteiger partial charge in [0.25, 0.3) is 0 Å². The number of esters is 1. The maximum atomic E-state index is 11.5. The molecule has 0 radical (unpaired) electrons. The summed E-state index contributed by atoms with van der Waals surface area (Å²) >= 11 is 11.7. The van der Waals surface area contributed by atoms with Crippen LogP contribution in [0.5, 0.6) is 0 Å². The van der Waals surface area contributed by atoms with E-state index in [0.717, 1.165) is 6.42 Å². The number of rotatable bonds is 7. The lowest BCUT2D eigenvalue weighted by Gasteiger charge is -2.10. The van der Waals surface area contributed by atoms with Crippen LogP contribution in [-0.4, -0.2) is 24.7 Å². The number of carbonyl (C=O) groups excluding carboxylic acids is 2. The van der Waals surface area contributed by atoms with Crippen LogP contribution in [0, 0.1) is 0 Å². The van der Waals surface area contributed by atoms with Crippen LogP contribution in [0.2, 0.25) is 10.0 Å². The number of carbonyl (C=O) groups is 2. The quantitative estimate of drug-likeness (QED) is 0.445. The van der Waals surface area contributed by atoms with Gasteiger partial charge in [-0.05, 0) is 31.5 Å². The Morgan fingerprint density at radius 2 is 1.95 bits per heavy atom. The zero-order valence-electron chi connectivity index (χ0n) is 11.9. The molecule has 0 bridgehead atoms. The summed E-state index contributed by atoms with van der Waals surface area (Å²) in [5.41, 5.74) is 11.5. The molecule has 0 aromatic heterocycles. The van der Waals surface area contributed by atoms with Crippen molar-refractivity contribution in [3.8, 4) is 0 Å². The van der Waals surface area contributed by atoms with Crippen LogP contribution in [0.25, 0.3) is 0 Å². The predicted octanol–water partition coefficient (Wildman–Crippen LogP) is 2.63. The van der Waals surface area contributed by atoms with E-state index in [1.54, 1.807) is 12.1 Å². The first kappa shape index (κ1) is 18.7. The van der Waals surface area contributed by atoms with Gasteiger partial charge in [0, 0.05) is 15.6 Å². The molecule has 0 heterocycles. The molecule has 0 unspecified atom stereocenters. The third-order valence-corrected chi connectivity index (χ3v) is 3.40. The fourth-order valence-electron chi connectivity index (χ4n) is 1.59. The van der Waals surface area contributed by atoms with E-state index >= 15 is 0 Å². The van der Waals surface area contributed by atoms with Gasteiger partial charge in [0.05, 0.1) is 0 Å². The van der Waals surface area contributed by atoms with Gasteiger partial charge in [-0.15, -0.1) is 0 Å². The van der Waals surface area contributed by atoms with Crippen molar-refractivity contribution in [2.45, 2.75) is 31.9 Å². The number of halogens is 2. The smallest absolute Gasteiger partial charge is 0.429 e. The van der Waals surface area contributed by atoms with Gasteiger partial charge in [0.15, 0.2) is 0 Å². The molecule has 1 atom stereocenters. The summed E-state index contributed by atoms with van der Waals surface area (Å²) in [6.07, 6.45) is 0.708. The van der Waals surface area contributed by atoms with Crippen molar-refractivity contribution in [1.82, 2.24) is 0 Å². The van der Waals surface area contributed by atoms with Crippen LogP contribution in [0.3, 0.4) is 0 Å². The second-order valence-corrected chi connectivity index (χ2v) is 5.43. The molecule has 1 aromatic carbocycles. The Labute approximate surface area is 138 Å². The third kappa shape index (κ3) is 6.62. The monoisotopic (exact) mass is 348 g/mol. The molecular formula is C14H18Cl2N2O4. The molecule has 8 heteroatoms. The molecule has 0 saturated carbocycles. The molecule has 1 aromatic rings. The average molecular weight is 349 g/mol. The minimum Gasteiger partial charge on any atom is -0.429 e. The molecule has 6 nitrogen and oxygen atoms in total. The number of ether oxygens (including phenoxy) is 2. The third-order valence-electron chi connectivity index (χ3n) is 2.82. The number of hydrogen-bond donors (Lipinski definition) is 2. The minimum atomic E-state index is -1.12. The number of unbranched alkanes of at least 4 members (excludes halogenated alkanes) is 1. The highest BCUT2D eigenvalue weighted by atomic mass is 35.5. The summed E-state index contributed by atoms with van der Waals surface area (Å²) in [5.74, 6) is -0.829. The minimum absolute atomic E-state index is 0.134. The fourth-order valence-corrected chi connectivity index (χ4v) is 2.05. The SMILES string of the molecule is NCCCC[C@H](N)C(=O)OC(=O)OCc1ccc(Cl)cc1Cl. The van der Waals surface area contributed by atoms with Gasteiger partial charge < -0.3 is 20.9 Å². The van der Waals surface area contributed by atoms with Crippen molar-refractivity contribution in [1.29, 1.82) is 0 Å². The highest BCUT2D eigenvalue weighted by Gasteiger charge is 2.19. The van der Waals surface area contributed by atoms with Crippen LogP contribution < -0.4 is 11.5 Å². The van der Waals surface area contributed by atoms with Crippen molar-refractivity contribution >= 4 is 35.3 Å². The van der Waals surface area contributed by atoms with Gasteiger partial charge in [0.2, 0.25) is 0 Å². The summed E-state index contributed by atoms with van der Waals surface area (Å²) in [6.45, 7) is 0.385. The van der Waals surface area contributed by atoms with Gasteiger partial charge in [-0.3, -0.25) is 0 Å². The molecule has 0 amide bonds. The van der Waals surface area contributed by atoms with E-state index < -0.39 is 18.2 Å².